The van der Waals surface area contributed by atoms with Gasteiger partial charge in [0.05, 0.1) is 0 Å². The molecular formula is C12H15BrN4. The van der Waals surface area contributed by atoms with Gasteiger partial charge in [0.2, 0.25) is 0 Å². The van der Waals surface area contributed by atoms with Gasteiger partial charge in [-0.25, -0.2) is 9.50 Å². The number of pyridine rings is 1. The quantitative estimate of drug-likeness (QED) is 0.922. The SMILES string of the molecule is Brc1ccc2nc(CC3CCNCC3)nn2c1. The fraction of sp³-hybridized carbons (Fsp3) is 0.500. The Morgan fingerprint density at radius 1 is 1.35 bits per heavy atom. The molecule has 0 aromatic carbocycles. The van der Waals surface area contributed by atoms with Crippen LogP contribution in [0.15, 0.2) is 22.8 Å². The molecule has 1 fully saturated rings. The molecule has 3 heterocycles. The van der Waals surface area contributed by atoms with Gasteiger partial charge in [-0.1, -0.05) is 0 Å². The van der Waals surface area contributed by atoms with E-state index in [1.165, 1.54) is 12.8 Å². The zero-order valence-electron chi connectivity index (χ0n) is 9.56. The Kier molecular flexibility index (Phi) is 3.11. The van der Waals surface area contributed by atoms with E-state index in [1.807, 2.05) is 22.8 Å². The molecule has 0 amide bonds. The van der Waals surface area contributed by atoms with Gasteiger partial charge in [0.1, 0.15) is 0 Å². The fourth-order valence-corrected chi connectivity index (χ4v) is 2.66. The second kappa shape index (κ2) is 4.74. The Morgan fingerprint density at radius 3 is 3.00 bits per heavy atom. The third-order valence-corrected chi connectivity index (χ3v) is 3.74. The summed E-state index contributed by atoms with van der Waals surface area (Å²) in [7, 11) is 0. The standard InChI is InChI=1S/C12H15BrN4/c13-10-1-2-12-15-11(16-17(12)8-10)7-9-3-5-14-6-4-9/h1-2,8-9,14H,3-7H2. The highest BCUT2D eigenvalue weighted by Crippen LogP contribution is 2.17. The number of hydrogen-bond acceptors (Lipinski definition) is 3. The van der Waals surface area contributed by atoms with Crippen molar-refractivity contribution in [3.63, 3.8) is 0 Å². The van der Waals surface area contributed by atoms with Crippen molar-refractivity contribution in [2.75, 3.05) is 13.1 Å². The lowest BCUT2D eigenvalue weighted by Crippen LogP contribution is -2.28. The van der Waals surface area contributed by atoms with Crippen LogP contribution in [0.1, 0.15) is 18.7 Å². The van der Waals surface area contributed by atoms with Crippen molar-refractivity contribution >= 4 is 21.6 Å². The van der Waals surface area contributed by atoms with Crippen molar-refractivity contribution in [2.45, 2.75) is 19.3 Å². The first kappa shape index (κ1) is 11.2. The van der Waals surface area contributed by atoms with E-state index in [4.69, 9.17) is 0 Å². The van der Waals surface area contributed by atoms with Crippen LogP contribution in [0.3, 0.4) is 0 Å². The van der Waals surface area contributed by atoms with Crippen LogP contribution in [-0.4, -0.2) is 27.7 Å². The van der Waals surface area contributed by atoms with E-state index in [0.717, 1.165) is 41.4 Å². The summed E-state index contributed by atoms with van der Waals surface area (Å²) >= 11 is 3.44. The summed E-state index contributed by atoms with van der Waals surface area (Å²) in [4.78, 5) is 4.56. The second-order valence-electron chi connectivity index (χ2n) is 4.58. The lowest BCUT2D eigenvalue weighted by molar-refractivity contribution is 0.367. The molecule has 1 saturated heterocycles. The number of nitrogens with one attached hydrogen (secondary N) is 1. The number of nitrogens with zero attached hydrogens (tertiary/aromatic N) is 3. The molecule has 0 unspecified atom stereocenters. The first-order valence-electron chi connectivity index (χ1n) is 6.03. The Hall–Kier alpha value is -0.940. The highest BCUT2D eigenvalue weighted by molar-refractivity contribution is 9.10. The summed E-state index contributed by atoms with van der Waals surface area (Å²) in [6.07, 6.45) is 5.42. The van der Waals surface area contributed by atoms with E-state index >= 15 is 0 Å². The minimum Gasteiger partial charge on any atom is -0.317 e. The van der Waals surface area contributed by atoms with Gasteiger partial charge >= 0.3 is 0 Å². The summed E-state index contributed by atoms with van der Waals surface area (Å²) in [5.41, 5.74) is 0.928. The summed E-state index contributed by atoms with van der Waals surface area (Å²) < 4.78 is 2.88. The van der Waals surface area contributed by atoms with Crippen molar-refractivity contribution in [1.29, 1.82) is 0 Å². The van der Waals surface area contributed by atoms with E-state index < -0.39 is 0 Å². The summed E-state index contributed by atoms with van der Waals surface area (Å²) in [5.74, 6) is 1.70. The van der Waals surface area contributed by atoms with Crippen molar-refractivity contribution in [1.82, 2.24) is 19.9 Å². The van der Waals surface area contributed by atoms with Crippen LogP contribution in [0.5, 0.6) is 0 Å². The van der Waals surface area contributed by atoms with Crippen LogP contribution in [0.2, 0.25) is 0 Å². The monoisotopic (exact) mass is 294 g/mol. The minimum atomic E-state index is 0.733. The molecule has 2 aromatic heterocycles. The van der Waals surface area contributed by atoms with Gasteiger partial charge in [0.25, 0.3) is 0 Å². The molecule has 1 N–H and O–H groups in total. The van der Waals surface area contributed by atoms with E-state index in [0.29, 0.717) is 0 Å². The topological polar surface area (TPSA) is 42.2 Å². The van der Waals surface area contributed by atoms with Gasteiger partial charge < -0.3 is 5.32 Å². The fourth-order valence-electron chi connectivity index (χ4n) is 2.33. The first-order chi connectivity index (χ1) is 8.31. The number of rotatable bonds is 2. The van der Waals surface area contributed by atoms with Gasteiger partial charge in [0.15, 0.2) is 11.5 Å². The van der Waals surface area contributed by atoms with Gasteiger partial charge in [-0.3, -0.25) is 0 Å². The maximum absolute atomic E-state index is 4.56. The minimum absolute atomic E-state index is 0.733. The van der Waals surface area contributed by atoms with E-state index in [9.17, 15) is 0 Å². The molecule has 0 bridgehead atoms. The highest BCUT2D eigenvalue weighted by Gasteiger charge is 2.16. The third kappa shape index (κ3) is 2.50. The maximum Gasteiger partial charge on any atom is 0.155 e. The van der Waals surface area contributed by atoms with Crippen LogP contribution in [0, 0.1) is 5.92 Å². The number of aromatic nitrogens is 3. The van der Waals surface area contributed by atoms with Crippen molar-refractivity contribution < 1.29 is 0 Å². The van der Waals surface area contributed by atoms with Gasteiger partial charge in [0, 0.05) is 17.1 Å². The molecule has 0 spiro atoms. The normalized spacial score (nSPS) is 17.7. The van der Waals surface area contributed by atoms with Crippen LogP contribution in [-0.2, 0) is 6.42 Å². The zero-order chi connectivity index (χ0) is 11.7. The van der Waals surface area contributed by atoms with E-state index in [2.05, 4.69) is 31.3 Å². The van der Waals surface area contributed by atoms with E-state index in [-0.39, 0.29) is 0 Å². The predicted octanol–water partition coefficient (Wildman–Crippen LogP) is 2.03. The molecular weight excluding hydrogens is 280 g/mol. The van der Waals surface area contributed by atoms with Crippen molar-refractivity contribution in [2.24, 2.45) is 5.92 Å². The molecule has 1 aliphatic rings. The maximum atomic E-state index is 4.56. The lowest BCUT2D eigenvalue weighted by atomic mass is 9.94. The number of hydrogen-bond donors (Lipinski definition) is 1. The van der Waals surface area contributed by atoms with Crippen LogP contribution in [0.25, 0.3) is 5.65 Å². The molecule has 2 aromatic rings. The van der Waals surface area contributed by atoms with Crippen LogP contribution >= 0.6 is 15.9 Å². The first-order valence-corrected chi connectivity index (χ1v) is 6.82. The van der Waals surface area contributed by atoms with Crippen molar-refractivity contribution in [3.8, 4) is 0 Å². The van der Waals surface area contributed by atoms with Crippen LogP contribution in [0.4, 0.5) is 0 Å². The molecule has 1 aliphatic heterocycles. The van der Waals surface area contributed by atoms with Crippen molar-refractivity contribution in [3.05, 3.63) is 28.6 Å². The molecule has 0 radical (unpaired) electrons. The van der Waals surface area contributed by atoms with Crippen LogP contribution < -0.4 is 5.32 Å². The average molecular weight is 295 g/mol. The summed E-state index contributed by atoms with van der Waals surface area (Å²) in [6.45, 7) is 2.26. The largest absolute Gasteiger partial charge is 0.317 e. The number of piperidine rings is 1. The molecule has 0 atom stereocenters. The second-order valence-corrected chi connectivity index (χ2v) is 5.49. The zero-order valence-corrected chi connectivity index (χ0v) is 11.2. The van der Waals surface area contributed by atoms with Gasteiger partial charge in [-0.05, 0) is 59.9 Å². The summed E-state index contributed by atoms with van der Waals surface area (Å²) in [5, 5.41) is 7.91. The third-order valence-electron chi connectivity index (χ3n) is 3.27. The molecule has 5 heteroatoms. The summed E-state index contributed by atoms with van der Waals surface area (Å²) in [6, 6.07) is 3.99. The van der Waals surface area contributed by atoms with Gasteiger partial charge in [-0.2, -0.15) is 5.10 Å². The Bertz CT molecular complexity index is 516. The molecule has 3 rings (SSSR count). The Morgan fingerprint density at radius 2 is 2.18 bits per heavy atom. The van der Waals surface area contributed by atoms with E-state index in [1.54, 1.807) is 0 Å². The Labute approximate surface area is 109 Å². The Balaban J connectivity index is 1.80. The highest BCUT2D eigenvalue weighted by atomic mass is 79.9. The molecule has 0 saturated carbocycles. The average Bonchev–Trinajstić information content (AvgIpc) is 2.71. The lowest BCUT2D eigenvalue weighted by Gasteiger charge is -2.20. The molecule has 0 aliphatic carbocycles. The number of halogens is 1. The smallest absolute Gasteiger partial charge is 0.155 e. The molecule has 17 heavy (non-hydrogen) atoms. The van der Waals surface area contributed by atoms with Gasteiger partial charge in [-0.15, -0.1) is 0 Å². The number of fused-ring (bicyclic) bond motifs is 1. The molecule has 90 valence electrons. The predicted molar refractivity (Wildman–Crippen MR) is 70.0 cm³/mol. The molecule has 4 nitrogen and oxygen atoms in total.